The molecule has 0 N–H and O–H groups in total. The van der Waals surface area contributed by atoms with E-state index in [0.29, 0.717) is 5.92 Å². The van der Waals surface area contributed by atoms with Crippen LogP contribution in [-0.2, 0) is 24.0 Å². The molecule has 128 valence electrons. The number of ether oxygens (including phenoxy) is 2. The molecule has 1 heterocycles. The summed E-state index contributed by atoms with van der Waals surface area (Å²) in [4.78, 5) is 24.3. The molecule has 5 saturated carbocycles. The zero-order valence-electron chi connectivity index (χ0n) is 13.8. The van der Waals surface area contributed by atoms with E-state index in [-0.39, 0.29) is 23.2 Å². The van der Waals surface area contributed by atoms with Gasteiger partial charge in [0.15, 0.2) is 0 Å². The molecule has 1 aliphatic heterocycles. The van der Waals surface area contributed by atoms with Gasteiger partial charge in [-0.3, -0.25) is 4.79 Å². The average Bonchev–Trinajstić information content (AvgIpc) is 2.92. The Balaban J connectivity index is 1.45. The highest BCUT2D eigenvalue weighted by Gasteiger charge is 2.71. The summed E-state index contributed by atoms with van der Waals surface area (Å²) in [5, 5.41) is 0. The highest BCUT2D eigenvalue weighted by molar-refractivity contribution is 5.77. The lowest BCUT2D eigenvalue weighted by molar-refractivity contribution is -0.393. The Morgan fingerprint density at radius 3 is 2.35 bits per heavy atom. The van der Waals surface area contributed by atoms with Gasteiger partial charge in [-0.2, -0.15) is 9.78 Å². The Labute approximate surface area is 136 Å². The average molecular weight is 322 g/mol. The van der Waals surface area contributed by atoms with Crippen molar-refractivity contribution < 1.29 is 24.0 Å². The van der Waals surface area contributed by atoms with E-state index in [0.717, 1.165) is 57.8 Å². The summed E-state index contributed by atoms with van der Waals surface area (Å²) in [7, 11) is 1.51. The van der Waals surface area contributed by atoms with E-state index < -0.39 is 11.6 Å². The van der Waals surface area contributed by atoms with Crippen LogP contribution in [0.2, 0.25) is 0 Å². The van der Waals surface area contributed by atoms with Crippen LogP contribution in [0.1, 0.15) is 64.2 Å². The molecule has 0 aromatic heterocycles. The van der Waals surface area contributed by atoms with Crippen LogP contribution in [0.4, 0.5) is 0 Å². The van der Waals surface area contributed by atoms with Crippen LogP contribution in [0.5, 0.6) is 0 Å². The van der Waals surface area contributed by atoms with E-state index in [2.05, 4.69) is 0 Å². The molecule has 6 rings (SSSR count). The van der Waals surface area contributed by atoms with E-state index >= 15 is 0 Å². The highest BCUT2D eigenvalue weighted by atomic mass is 17.3. The Kier molecular flexibility index (Phi) is 3.00. The molecule has 5 aliphatic carbocycles. The monoisotopic (exact) mass is 322 g/mol. The number of methoxy groups -OCH3 is 1. The minimum Gasteiger partial charge on any atom is -0.469 e. The third-order valence-electron chi connectivity index (χ3n) is 7.23. The second-order valence-corrected chi connectivity index (χ2v) is 8.58. The molecule has 0 aromatic rings. The van der Waals surface area contributed by atoms with Gasteiger partial charge in [-0.25, -0.2) is 0 Å². The molecule has 0 radical (unpaired) electrons. The molecule has 5 atom stereocenters. The summed E-state index contributed by atoms with van der Waals surface area (Å²) < 4.78 is 11.8. The molecular formula is C18H26O5. The Morgan fingerprint density at radius 1 is 1.00 bits per heavy atom. The van der Waals surface area contributed by atoms with Gasteiger partial charge >= 0.3 is 5.97 Å². The van der Waals surface area contributed by atoms with E-state index in [1.807, 2.05) is 0 Å². The lowest BCUT2D eigenvalue weighted by atomic mass is 9.47. The Hall–Kier alpha value is -0.650. The van der Waals surface area contributed by atoms with E-state index in [1.54, 1.807) is 0 Å². The first kappa shape index (κ1) is 14.7. The van der Waals surface area contributed by atoms with Crippen molar-refractivity contribution in [1.82, 2.24) is 0 Å². The Bertz CT molecular complexity index is 508. The number of rotatable bonds is 1. The fraction of sp³-hybridized carbons (Fsp3) is 0.944. The van der Waals surface area contributed by atoms with Gasteiger partial charge in [0.1, 0.15) is 0 Å². The number of carbonyl (C=O) groups is 1. The first-order chi connectivity index (χ1) is 11.1. The van der Waals surface area contributed by atoms with Crippen LogP contribution < -0.4 is 0 Å². The third-order valence-corrected chi connectivity index (χ3v) is 7.23. The Morgan fingerprint density at radius 2 is 1.70 bits per heavy atom. The minimum absolute atomic E-state index is 0.0296. The van der Waals surface area contributed by atoms with Gasteiger partial charge in [0.25, 0.3) is 0 Å². The fourth-order valence-electron chi connectivity index (χ4n) is 6.44. The zero-order valence-corrected chi connectivity index (χ0v) is 13.8. The van der Waals surface area contributed by atoms with Gasteiger partial charge in [0, 0.05) is 24.7 Å². The predicted octanol–water partition coefficient (Wildman–Crippen LogP) is 3.32. The summed E-state index contributed by atoms with van der Waals surface area (Å²) in [5.41, 5.74) is -0.300. The maximum absolute atomic E-state index is 12.4. The van der Waals surface area contributed by atoms with Crippen molar-refractivity contribution in [3.05, 3.63) is 0 Å². The quantitative estimate of drug-likeness (QED) is 0.547. The maximum Gasteiger partial charge on any atom is 0.311 e. The van der Waals surface area contributed by atoms with E-state index in [4.69, 9.17) is 19.2 Å². The maximum atomic E-state index is 12.4. The molecule has 4 bridgehead atoms. The predicted molar refractivity (Wildman–Crippen MR) is 79.8 cm³/mol. The number of carbonyl (C=O) groups excluding carboxylic acids is 1. The van der Waals surface area contributed by atoms with Crippen molar-refractivity contribution in [2.75, 3.05) is 7.11 Å². The lowest BCUT2D eigenvalue weighted by Crippen LogP contribution is -2.64. The molecule has 6 fully saturated rings. The van der Waals surface area contributed by atoms with Crippen molar-refractivity contribution >= 4 is 5.97 Å². The van der Waals surface area contributed by atoms with Gasteiger partial charge in [-0.05, 0) is 50.9 Å². The largest absolute Gasteiger partial charge is 0.469 e. The number of hydrogen-bond acceptors (Lipinski definition) is 5. The van der Waals surface area contributed by atoms with Crippen LogP contribution in [0.15, 0.2) is 0 Å². The van der Waals surface area contributed by atoms with Gasteiger partial charge in [0.2, 0.25) is 11.6 Å². The zero-order chi connectivity index (χ0) is 15.7. The molecule has 1 saturated heterocycles. The summed E-state index contributed by atoms with van der Waals surface area (Å²) in [6, 6.07) is 0. The molecular weight excluding hydrogens is 296 g/mol. The SMILES string of the molecule is COC(=O)C12CC3C[C@H](C1)C1(OOC4(CCCCC4)O1)[C@@H](C3)C2. The fourth-order valence-corrected chi connectivity index (χ4v) is 6.44. The van der Waals surface area contributed by atoms with Crippen molar-refractivity contribution in [1.29, 1.82) is 0 Å². The molecule has 6 aliphatic rings. The molecule has 0 aromatic carbocycles. The van der Waals surface area contributed by atoms with Crippen LogP contribution in [0.3, 0.4) is 0 Å². The lowest BCUT2D eigenvalue weighted by Gasteiger charge is -2.60. The summed E-state index contributed by atoms with van der Waals surface area (Å²) in [5.74, 6) is -0.0358. The van der Waals surface area contributed by atoms with Crippen molar-refractivity contribution in [2.45, 2.75) is 75.8 Å². The minimum atomic E-state index is -0.605. The molecule has 0 amide bonds. The molecule has 23 heavy (non-hydrogen) atoms. The third kappa shape index (κ3) is 1.87. The first-order valence-corrected chi connectivity index (χ1v) is 9.25. The van der Waals surface area contributed by atoms with Crippen molar-refractivity contribution in [2.24, 2.45) is 23.2 Å². The summed E-state index contributed by atoms with van der Waals surface area (Å²) in [6.07, 6.45) is 10.2. The second-order valence-electron chi connectivity index (χ2n) is 8.58. The molecule has 5 heteroatoms. The van der Waals surface area contributed by atoms with Gasteiger partial charge < -0.3 is 9.47 Å². The molecule has 2 spiro atoms. The second kappa shape index (κ2) is 4.70. The van der Waals surface area contributed by atoms with Gasteiger partial charge in [-0.1, -0.05) is 6.42 Å². The standard InChI is InChI=1S/C18H26O5/c1-20-15(19)16-9-12-7-13(10-16)18(14(8-12)11-16)21-17(22-23-18)5-3-2-4-6-17/h12-14H,2-11H2,1H3/t12?,13-,14+,16?,18?. The van der Waals surface area contributed by atoms with E-state index in [9.17, 15) is 4.79 Å². The van der Waals surface area contributed by atoms with Crippen LogP contribution in [0, 0.1) is 23.2 Å². The first-order valence-electron chi connectivity index (χ1n) is 9.25. The van der Waals surface area contributed by atoms with Crippen LogP contribution >= 0.6 is 0 Å². The smallest absolute Gasteiger partial charge is 0.311 e. The van der Waals surface area contributed by atoms with Gasteiger partial charge in [-0.15, -0.1) is 0 Å². The number of hydrogen-bond donors (Lipinski definition) is 0. The topological polar surface area (TPSA) is 54.0 Å². The summed E-state index contributed by atoms with van der Waals surface area (Å²) in [6.45, 7) is 0. The van der Waals surface area contributed by atoms with Crippen molar-refractivity contribution in [3.8, 4) is 0 Å². The van der Waals surface area contributed by atoms with Crippen LogP contribution in [-0.4, -0.2) is 24.7 Å². The van der Waals surface area contributed by atoms with Crippen molar-refractivity contribution in [3.63, 3.8) is 0 Å². The molecule has 3 unspecified atom stereocenters. The number of esters is 1. The molecule has 5 nitrogen and oxygen atoms in total. The normalized spacial score (nSPS) is 49.9. The van der Waals surface area contributed by atoms with E-state index in [1.165, 1.54) is 13.5 Å². The summed E-state index contributed by atoms with van der Waals surface area (Å²) >= 11 is 0. The van der Waals surface area contributed by atoms with Gasteiger partial charge in [0.05, 0.1) is 12.5 Å². The van der Waals surface area contributed by atoms with Crippen LogP contribution in [0.25, 0.3) is 0 Å². The highest BCUT2D eigenvalue weighted by Crippen LogP contribution is 2.67.